The van der Waals surface area contributed by atoms with Crippen molar-refractivity contribution in [2.45, 2.75) is 6.92 Å². The molecule has 2 aromatic carbocycles. The van der Waals surface area contributed by atoms with Gasteiger partial charge in [-0.1, -0.05) is 12.1 Å². The summed E-state index contributed by atoms with van der Waals surface area (Å²) in [6.45, 7) is 1.82. The van der Waals surface area contributed by atoms with E-state index in [2.05, 4.69) is 11.1 Å². The zero-order chi connectivity index (χ0) is 15.0. The predicted octanol–water partition coefficient (Wildman–Crippen LogP) is 3.80. The SMILES string of the molecule is Cc1cccc(F)c1-c1cc2ccnc(N)c2cc1C#N. The third kappa shape index (κ3) is 2.09. The van der Waals surface area contributed by atoms with Gasteiger partial charge >= 0.3 is 0 Å². The number of nitrogen functional groups attached to an aromatic ring is 1. The van der Waals surface area contributed by atoms with Crippen LogP contribution in [0.15, 0.2) is 42.6 Å². The Morgan fingerprint density at radius 2 is 2.05 bits per heavy atom. The molecule has 4 heteroatoms. The summed E-state index contributed by atoms with van der Waals surface area (Å²) in [5.41, 5.74) is 8.03. The van der Waals surface area contributed by atoms with Crippen LogP contribution >= 0.6 is 0 Å². The van der Waals surface area contributed by atoms with Crippen molar-refractivity contribution in [3.63, 3.8) is 0 Å². The predicted molar refractivity (Wildman–Crippen MR) is 81.0 cm³/mol. The number of rotatable bonds is 1. The minimum atomic E-state index is -0.340. The van der Waals surface area contributed by atoms with Crippen molar-refractivity contribution in [2.75, 3.05) is 5.73 Å². The second kappa shape index (κ2) is 4.88. The molecule has 2 N–H and O–H groups in total. The number of anilines is 1. The van der Waals surface area contributed by atoms with Crippen LogP contribution in [0, 0.1) is 24.1 Å². The molecule has 3 aromatic rings. The van der Waals surface area contributed by atoms with Crippen LogP contribution in [0.25, 0.3) is 21.9 Å². The lowest BCUT2D eigenvalue weighted by Gasteiger charge is -2.11. The lowest BCUT2D eigenvalue weighted by molar-refractivity contribution is 0.630. The maximum atomic E-state index is 14.2. The Morgan fingerprint density at radius 1 is 1.24 bits per heavy atom. The van der Waals surface area contributed by atoms with Crippen LogP contribution in [-0.2, 0) is 0 Å². The van der Waals surface area contributed by atoms with Crippen LogP contribution in [-0.4, -0.2) is 4.98 Å². The monoisotopic (exact) mass is 277 g/mol. The quantitative estimate of drug-likeness (QED) is 0.735. The lowest BCUT2D eigenvalue weighted by atomic mass is 9.93. The lowest BCUT2D eigenvalue weighted by Crippen LogP contribution is -1.95. The van der Waals surface area contributed by atoms with Crippen molar-refractivity contribution >= 4 is 16.6 Å². The second-order valence-corrected chi connectivity index (χ2v) is 4.86. The Labute approximate surface area is 121 Å². The number of nitriles is 1. The van der Waals surface area contributed by atoms with Crippen molar-refractivity contribution in [3.05, 3.63) is 59.5 Å². The van der Waals surface area contributed by atoms with E-state index in [-0.39, 0.29) is 5.82 Å². The largest absolute Gasteiger partial charge is 0.383 e. The number of aryl methyl sites for hydroxylation is 1. The summed E-state index contributed by atoms with van der Waals surface area (Å²) in [5, 5.41) is 10.9. The first kappa shape index (κ1) is 13.1. The van der Waals surface area contributed by atoms with E-state index in [4.69, 9.17) is 5.73 Å². The Morgan fingerprint density at radius 3 is 2.76 bits per heavy atom. The van der Waals surface area contributed by atoms with Gasteiger partial charge in [0, 0.05) is 22.7 Å². The molecule has 102 valence electrons. The van der Waals surface area contributed by atoms with Crippen molar-refractivity contribution in [2.24, 2.45) is 0 Å². The molecular weight excluding hydrogens is 265 g/mol. The number of nitrogens with two attached hydrogens (primary N) is 1. The first-order chi connectivity index (χ1) is 10.1. The molecule has 0 aliphatic heterocycles. The molecule has 0 bridgehead atoms. The summed E-state index contributed by atoms with van der Waals surface area (Å²) < 4.78 is 14.2. The molecule has 0 radical (unpaired) electrons. The van der Waals surface area contributed by atoms with Crippen LogP contribution in [0.1, 0.15) is 11.1 Å². The molecule has 0 fully saturated rings. The van der Waals surface area contributed by atoms with Crippen LogP contribution in [0.2, 0.25) is 0 Å². The van der Waals surface area contributed by atoms with Gasteiger partial charge in [0.15, 0.2) is 0 Å². The number of halogens is 1. The van der Waals surface area contributed by atoms with E-state index < -0.39 is 0 Å². The van der Waals surface area contributed by atoms with Crippen LogP contribution in [0.5, 0.6) is 0 Å². The molecule has 0 atom stereocenters. The van der Waals surface area contributed by atoms with Crippen molar-refractivity contribution in [1.82, 2.24) is 4.98 Å². The Hall–Kier alpha value is -2.93. The zero-order valence-electron chi connectivity index (χ0n) is 11.4. The van der Waals surface area contributed by atoms with Crippen molar-refractivity contribution in [1.29, 1.82) is 5.26 Å². The highest BCUT2D eigenvalue weighted by Crippen LogP contribution is 2.33. The number of hydrogen-bond donors (Lipinski definition) is 1. The molecular formula is C17H12FN3. The summed E-state index contributed by atoms with van der Waals surface area (Å²) in [5.74, 6) is 0.0219. The van der Waals surface area contributed by atoms with E-state index in [1.165, 1.54) is 6.07 Å². The maximum Gasteiger partial charge on any atom is 0.131 e. The maximum absolute atomic E-state index is 14.2. The molecule has 0 saturated carbocycles. The van der Waals surface area contributed by atoms with Gasteiger partial charge in [-0.2, -0.15) is 5.26 Å². The van der Waals surface area contributed by atoms with Crippen LogP contribution < -0.4 is 5.73 Å². The molecule has 0 aliphatic carbocycles. The molecule has 0 amide bonds. The van der Waals surface area contributed by atoms with Crippen LogP contribution in [0.4, 0.5) is 10.2 Å². The molecule has 21 heavy (non-hydrogen) atoms. The first-order valence-electron chi connectivity index (χ1n) is 6.45. The van der Waals surface area contributed by atoms with Gasteiger partial charge in [0.05, 0.1) is 11.6 Å². The van der Waals surface area contributed by atoms with Crippen molar-refractivity contribution < 1.29 is 4.39 Å². The van der Waals surface area contributed by atoms with E-state index in [0.29, 0.717) is 27.9 Å². The first-order valence-corrected chi connectivity index (χ1v) is 6.45. The molecule has 3 nitrogen and oxygen atoms in total. The third-order valence-electron chi connectivity index (χ3n) is 3.55. The van der Waals surface area contributed by atoms with Gasteiger partial charge in [0.25, 0.3) is 0 Å². The van der Waals surface area contributed by atoms with Gasteiger partial charge in [0.1, 0.15) is 11.6 Å². The van der Waals surface area contributed by atoms with E-state index in [1.54, 1.807) is 30.5 Å². The molecule has 1 aromatic heterocycles. The summed E-state index contributed by atoms with van der Waals surface area (Å²) in [6.07, 6.45) is 1.60. The Balaban J connectivity index is 2.41. The van der Waals surface area contributed by atoms with E-state index in [0.717, 1.165) is 10.9 Å². The Kier molecular flexibility index (Phi) is 3.03. The van der Waals surface area contributed by atoms with Gasteiger partial charge in [0.2, 0.25) is 0 Å². The van der Waals surface area contributed by atoms with Gasteiger partial charge in [-0.3, -0.25) is 0 Å². The number of pyridine rings is 1. The molecule has 0 spiro atoms. The average molecular weight is 277 g/mol. The molecule has 0 unspecified atom stereocenters. The molecule has 3 rings (SSSR count). The van der Waals surface area contributed by atoms with Crippen LogP contribution in [0.3, 0.4) is 0 Å². The molecule has 0 saturated heterocycles. The smallest absolute Gasteiger partial charge is 0.131 e. The molecule has 1 heterocycles. The fourth-order valence-corrected chi connectivity index (χ4v) is 2.52. The topological polar surface area (TPSA) is 62.7 Å². The highest BCUT2D eigenvalue weighted by Gasteiger charge is 2.14. The normalized spacial score (nSPS) is 10.5. The number of hydrogen-bond acceptors (Lipinski definition) is 3. The van der Waals surface area contributed by atoms with E-state index >= 15 is 0 Å². The number of aromatic nitrogens is 1. The number of nitrogens with zero attached hydrogens (tertiary/aromatic N) is 2. The highest BCUT2D eigenvalue weighted by molar-refractivity contribution is 5.96. The van der Waals surface area contributed by atoms with Gasteiger partial charge in [-0.25, -0.2) is 9.37 Å². The summed E-state index contributed by atoms with van der Waals surface area (Å²) >= 11 is 0. The fraction of sp³-hybridized carbons (Fsp3) is 0.0588. The Bertz CT molecular complexity index is 874. The average Bonchev–Trinajstić information content (AvgIpc) is 2.47. The van der Waals surface area contributed by atoms with Gasteiger partial charge in [-0.05, 0) is 42.1 Å². The summed E-state index contributed by atoms with van der Waals surface area (Å²) in [7, 11) is 0. The minimum absolute atomic E-state index is 0.340. The van der Waals surface area contributed by atoms with E-state index in [9.17, 15) is 9.65 Å². The standard InChI is InChI=1S/C17H12FN3/c1-10-3-2-4-15(18)16(10)13-7-11-5-6-21-17(20)14(11)8-12(13)9-19/h2-8H,1H3,(H2,20,21). The summed E-state index contributed by atoms with van der Waals surface area (Å²) in [6, 6.07) is 12.2. The summed E-state index contributed by atoms with van der Waals surface area (Å²) in [4.78, 5) is 4.01. The van der Waals surface area contributed by atoms with Crippen molar-refractivity contribution in [3.8, 4) is 17.2 Å². The number of fused-ring (bicyclic) bond motifs is 1. The van der Waals surface area contributed by atoms with E-state index in [1.807, 2.05) is 13.0 Å². The third-order valence-corrected chi connectivity index (χ3v) is 3.55. The fourth-order valence-electron chi connectivity index (χ4n) is 2.52. The molecule has 0 aliphatic rings. The van der Waals surface area contributed by atoms with Gasteiger partial charge < -0.3 is 5.73 Å². The minimum Gasteiger partial charge on any atom is -0.383 e. The zero-order valence-corrected chi connectivity index (χ0v) is 11.4. The number of benzene rings is 2. The highest BCUT2D eigenvalue weighted by atomic mass is 19.1. The van der Waals surface area contributed by atoms with Gasteiger partial charge in [-0.15, -0.1) is 0 Å². The second-order valence-electron chi connectivity index (χ2n) is 4.86.